The number of hydrogen-bond donors (Lipinski definition) is 5. The van der Waals surface area contributed by atoms with E-state index in [9.17, 15) is 5.11 Å². The van der Waals surface area contributed by atoms with E-state index in [0.29, 0.717) is 22.5 Å². The van der Waals surface area contributed by atoms with Crippen molar-refractivity contribution in [2.75, 3.05) is 37.4 Å². The molecule has 1 saturated heterocycles. The molecule has 1 aromatic carbocycles. The lowest BCUT2D eigenvalue weighted by Crippen LogP contribution is -2.22. The summed E-state index contributed by atoms with van der Waals surface area (Å²) >= 11 is 0. The standard InChI is InChI=1S/C20H25N7O/c1-24-9-15(8-21)14-2-3-17(22)16(6-14)20(23)18-7-19(26-12-25-18)27-5-4-13(10-27)11-28/h2-3,6-9,12-13,21,23-24,28H,4-5,10-11,22H2,1H3/b15-9+,21-8?,23-20?/t13-/m1/s1. The van der Waals surface area contributed by atoms with Gasteiger partial charge in [0.25, 0.3) is 0 Å². The molecule has 0 amide bonds. The van der Waals surface area contributed by atoms with E-state index in [1.807, 2.05) is 6.07 Å². The number of hydrogen-bond acceptors (Lipinski definition) is 8. The van der Waals surface area contributed by atoms with Crippen LogP contribution in [0.5, 0.6) is 0 Å². The third-order valence-electron chi connectivity index (χ3n) is 4.89. The van der Waals surface area contributed by atoms with Crippen molar-refractivity contribution in [2.45, 2.75) is 6.42 Å². The van der Waals surface area contributed by atoms with Gasteiger partial charge >= 0.3 is 0 Å². The number of nitrogens with one attached hydrogen (secondary N) is 3. The van der Waals surface area contributed by atoms with Gasteiger partial charge < -0.3 is 26.5 Å². The first kappa shape index (κ1) is 19.5. The van der Waals surface area contributed by atoms with Gasteiger partial charge in [-0.25, -0.2) is 9.97 Å². The molecule has 1 aliphatic rings. The Labute approximate surface area is 164 Å². The van der Waals surface area contributed by atoms with Gasteiger partial charge in [0.1, 0.15) is 12.1 Å². The van der Waals surface area contributed by atoms with Gasteiger partial charge in [-0.3, -0.25) is 5.41 Å². The topological polar surface area (TPSA) is 135 Å². The normalized spacial score (nSPS) is 16.9. The third-order valence-corrected chi connectivity index (χ3v) is 4.89. The Bertz CT molecular complexity index is 909. The van der Waals surface area contributed by atoms with Gasteiger partial charge in [-0.15, -0.1) is 0 Å². The molecule has 0 radical (unpaired) electrons. The molecule has 8 nitrogen and oxygen atoms in total. The lowest BCUT2D eigenvalue weighted by Gasteiger charge is -2.18. The number of aliphatic hydroxyl groups is 1. The maximum absolute atomic E-state index is 9.35. The molecule has 0 bridgehead atoms. The molecule has 1 atom stereocenters. The molecule has 2 heterocycles. The minimum absolute atomic E-state index is 0.170. The highest BCUT2D eigenvalue weighted by molar-refractivity contribution is 6.15. The summed E-state index contributed by atoms with van der Waals surface area (Å²) in [5.41, 5.74) is 9.32. The molecule has 28 heavy (non-hydrogen) atoms. The van der Waals surface area contributed by atoms with E-state index in [4.69, 9.17) is 16.6 Å². The van der Waals surface area contributed by atoms with Crippen molar-refractivity contribution < 1.29 is 5.11 Å². The van der Waals surface area contributed by atoms with Gasteiger partial charge in [0.05, 0.1) is 11.4 Å². The van der Waals surface area contributed by atoms with Crippen LogP contribution < -0.4 is 16.0 Å². The molecule has 3 rings (SSSR count). The van der Waals surface area contributed by atoms with E-state index in [-0.39, 0.29) is 18.2 Å². The van der Waals surface area contributed by atoms with Crippen LogP contribution in [0.15, 0.2) is 36.8 Å². The Morgan fingerprint density at radius 1 is 1.39 bits per heavy atom. The fourth-order valence-electron chi connectivity index (χ4n) is 3.30. The number of nitrogen functional groups attached to an aromatic ring is 1. The number of benzene rings is 1. The molecule has 6 N–H and O–H groups in total. The van der Waals surface area contributed by atoms with E-state index in [2.05, 4.69) is 20.2 Å². The second-order valence-corrected chi connectivity index (χ2v) is 6.75. The van der Waals surface area contributed by atoms with E-state index in [1.54, 1.807) is 31.4 Å². The van der Waals surface area contributed by atoms with Crippen LogP contribution in [0.25, 0.3) is 5.57 Å². The molecule has 1 aliphatic heterocycles. The number of allylic oxidation sites excluding steroid dienone is 1. The van der Waals surface area contributed by atoms with Gasteiger partial charge in [-0.05, 0) is 24.1 Å². The number of nitrogens with two attached hydrogens (primary N) is 1. The van der Waals surface area contributed by atoms with Crippen molar-refractivity contribution in [3.63, 3.8) is 0 Å². The maximum Gasteiger partial charge on any atom is 0.132 e. The van der Waals surface area contributed by atoms with Crippen LogP contribution in [-0.2, 0) is 0 Å². The summed E-state index contributed by atoms with van der Waals surface area (Å²) in [6.07, 6.45) is 5.35. The second-order valence-electron chi connectivity index (χ2n) is 6.75. The second kappa shape index (κ2) is 8.62. The van der Waals surface area contributed by atoms with Crippen molar-refractivity contribution in [1.29, 1.82) is 10.8 Å². The maximum atomic E-state index is 9.35. The van der Waals surface area contributed by atoms with Crippen LogP contribution in [0.2, 0.25) is 0 Å². The molecule has 8 heteroatoms. The average Bonchev–Trinajstić information content (AvgIpc) is 3.21. The highest BCUT2D eigenvalue weighted by atomic mass is 16.3. The van der Waals surface area contributed by atoms with Crippen LogP contribution in [0.3, 0.4) is 0 Å². The Hall–Kier alpha value is -3.26. The molecular weight excluding hydrogens is 354 g/mol. The number of anilines is 2. The van der Waals surface area contributed by atoms with Crippen LogP contribution in [0.1, 0.15) is 23.2 Å². The predicted molar refractivity (Wildman–Crippen MR) is 112 cm³/mol. The first-order chi connectivity index (χ1) is 13.6. The Morgan fingerprint density at radius 3 is 2.89 bits per heavy atom. The van der Waals surface area contributed by atoms with Crippen molar-refractivity contribution >= 4 is 29.0 Å². The van der Waals surface area contributed by atoms with Crippen LogP contribution in [0.4, 0.5) is 11.5 Å². The predicted octanol–water partition coefficient (Wildman–Crippen LogP) is 1.50. The summed E-state index contributed by atoms with van der Waals surface area (Å²) in [5.74, 6) is 0.999. The molecule has 1 fully saturated rings. The van der Waals surface area contributed by atoms with Crippen LogP contribution in [-0.4, -0.2) is 53.7 Å². The summed E-state index contributed by atoms with van der Waals surface area (Å²) in [6, 6.07) is 7.14. The molecule has 2 aromatic rings. The number of rotatable bonds is 7. The summed E-state index contributed by atoms with van der Waals surface area (Å²) in [4.78, 5) is 10.7. The Balaban J connectivity index is 1.91. The summed E-state index contributed by atoms with van der Waals surface area (Å²) in [7, 11) is 1.77. The Morgan fingerprint density at radius 2 is 2.21 bits per heavy atom. The van der Waals surface area contributed by atoms with Gasteiger partial charge in [0, 0.05) is 68.0 Å². The largest absolute Gasteiger partial charge is 0.398 e. The Kier molecular flexibility index (Phi) is 6.00. The number of aromatic nitrogens is 2. The zero-order chi connectivity index (χ0) is 20.1. The highest BCUT2D eigenvalue weighted by Crippen LogP contribution is 2.25. The number of nitrogens with zero attached hydrogens (tertiary/aromatic N) is 3. The summed E-state index contributed by atoms with van der Waals surface area (Å²) < 4.78 is 0. The molecule has 0 unspecified atom stereocenters. The molecular formula is C20H25N7O. The van der Waals surface area contributed by atoms with E-state index >= 15 is 0 Å². The van der Waals surface area contributed by atoms with E-state index in [0.717, 1.165) is 30.9 Å². The van der Waals surface area contributed by atoms with Gasteiger partial charge in [-0.2, -0.15) is 0 Å². The SMILES string of the molecule is CN/C=C(\C=N)c1ccc(N)c(C(=N)c2cc(N3CC[C@@H](CO)C3)ncn2)c1. The zero-order valence-electron chi connectivity index (χ0n) is 15.8. The summed E-state index contributed by atoms with van der Waals surface area (Å²) in [6.45, 7) is 1.74. The fourth-order valence-corrected chi connectivity index (χ4v) is 3.30. The molecule has 0 saturated carbocycles. The molecule has 0 aliphatic carbocycles. The third kappa shape index (κ3) is 4.01. The smallest absolute Gasteiger partial charge is 0.132 e. The van der Waals surface area contributed by atoms with Gasteiger partial charge in [0.15, 0.2) is 0 Å². The van der Waals surface area contributed by atoms with Crippen molar-refractivity contribution in [1.82, 2.24) is 15.3 Å². The molecule has 146 valence electrons. The monoisotopic (exact) mass is 379 g/mol. The van der Waals surface area contributed by atoms with E-state index < -0.39 is 0 Å². The van der Waals surface area contributed by atoms with Crippen molar-refractivity contribution in [3.8, 4) is 0 Å². The molecule has 1 aromatic heterocycles. The minimum atomic E-state index is 0.170. The average molecular weight is 379 g/mol. The minimum Gasteiger partial charge on any atom is -0.398 e. The number of aliphatic hydroxyl groups excluding tert-OH is 1. The van der Waals surface area contributed by atoms with Crippen LogP contribution in [0, 0.1) is 16.7 Å². The van der Waals surface area contributed by atoms with Gasteiger partial charge in [0.2, 0.25) is 0 Å². The van der Waals surface area contributed by atoms with Crippen molar-refractivity contribution in [2.24, 2.45) is 5.92 Å². The first-order valence-corrected chi connectivity index (χ1v) is 9.12. The quantitative estimate of drug-likeness (QED) is 0.365. The lowest BCUT2D eigenvalue weighted by molar-refractivity contribution is 0.238. The van der Waals surface area contributed by atoms with E-state index in [1.165, 1.54) is 12.5 Å². The summed E-state index contributed by atoms with van der Waals surface area (Å²) in [5, 5.41) is 28.5. The van der Waals surface area contributed by atoms with Crippen LogP contribution >= 0.6 is 0 Å². The molecule has 0 spiro atoms. The zero-order valence-corrected chi connectivity index (χ0v) is 15.8. The highest BCUT2D eigenvalue weighted by Gasteiger charge is 2.23. The van der Waals surface area contributed by atoms with Crippen molar-refractivity contribution in [3.05, 3.63) is 53.6 Å². The van der Waals surface area contributed by atoms with Gasteiger partial charge in [-0.1, -0.05) is 6.07 Å². The first-order valence-electron chi connectivity index (χ1n) is 9.12. The fraction of sp³-hybridized carbons (Fsp3) is 0.300. The lowest BCUT2D eigenvalue weighted by atomic mass is 9.98.